The number of pyridine rings is 2. The summed E-state index contributed by atoms with van der Waals surface area (Å²) in [4.78, 5) is 11.0. The summed E-state index contributed by atoms with van der Waals surface area (Å²) in [5, 5.41) is 0. The maximum Gasteiger partial charge on any atom is 0.0572 e. The van der Waals surface area contributed by atoms with Crippen molar-refractivity contribution >= 4 is 0 Å². The summed E-state index contributed by atoms with van der Waals surface area (Å²) in [6, 6.07) is 12.3. The van der Waals surface area contributed by atoms with Crippen molar-refractivity contribution in [3.8, 4) is 0 Å². The molecular formula is C14H17N3. The van der Waals surface area contributed by atoms with Crippen molar-refractivity contribution in [2.24, 2.45) is 0 Å². The molecule has 3 heteroatoms. The van der Waals surface area contributed by atoms with Crippen molar-refractivity contribution < 1.29 is 0 Å². The normalized spacial score (nSPS) is 12.6. The lowest BCUT2D eigenvalue weighted by molar-refractivity contribution is 0.246. The number of rotatable bonds is 4. The first kappa shape index (κ1) is 11.7. The first-order valence-corrected chi connectivity index (χ1v) is 5.78. The van der Waals surface area contributed by atoms with Gasteiger partial charge >= 0.3 is 0 Å². The fourth-order valence-electron chi connectivity index (χ4n) is 1.73. The molecule has 0 aliphatic heterocycles. The van der Waals surface area contributed by atoms with Gasteiger partial charge in [0.25, 0.3) is 0 Å². The molecule has 1 atom stereocenters. The average molecular weight is 227 g/mol. The van der Waals surface area contributed by atoms with E-state index < -0.39 is 0 Å². The smallest absolute Gasteiger partial charge is 0.0572 e. The highest BCUT2D eigenvalue weighted by Crippen LogP contribution is 2.17. The number of hydrogen-bond donors (Lipinski definition) is 0. The van der Waals surface area contributed by atoms with Crippen LogP contribution in [0.3, 0.4) is 0 Å². The first-order valence-electron chi connectivity index (χ1n) is 5.78. The Morgan fingerprint density at radius 1 is 1.06 bits per heavy atom. The summed E-state index contributed by atoms with van der Waals surface area (Å²) < 4.78 is 0. The fraction of sp³-hybridized carbons (Fsp3) is 0.286. The van der Waals surface area contributed by atoms with Gasteiger partial charge in [0.1, 0.15) is 0 Å². The van der Waals surface area contributed by atoms with E-state index in [0.29, 0.717) is 6.04 Å². The molecule has 0 aliphatic rings. The molecule has 0 aromatic carbocycles. The highest BCUT2D eigenvalue weighted by Gasteiger charge is 2.12. The highest BCUT2D eigenvalue weighted by molar-refractivity contribution is 5.09. The lowest BCUT2D eigenvalue weighted by Gasteiger charge is -2.23. The fourth-order valence-corrected chi connectivity index (χ4v) is 1.73. The average Bonchev–Trinajstić information content (AvgIpc) is 2.40. The van der Waals surface area contributed by atoms with Gasteiger partial charge in [-0.25, -0.2) is 0 Å². The predicted octanol–water partition coefficient (Wildman–Crippen LogP) is 2.67. The predicted molar refractivity (Wildman–Crippen MR) is 68.4 cm³/mol. The SMILES string of the molecule is CC(c1ccccn1)N(C)Cc1ccccn1. The summed E-state index contributed by atoms with van der Waals surface area (Å²) in [5.41, 5.74) is 2.17. The van der Waals surface area contributed by atoms with Crippen molar-refractivity contribution in [1.29, 1.82) is 0 Å². The molecule has 0 aliphatic carbocycles. The quantitative estimate of drug-likeness (QED) is 0.804. The molecule has 2 heterocycles. The minimum Gasteiger partial charge on any atom is -0.292 e. The molecule has 2 aromatic heterocycles. The van der Waals surface area contributed by atoms with Gasteiger partial charge in [-0.3, -0.25) is 14.9 Å². The van der Waals surface area contributed by atoms with E-state index in [1.165, 1.54) is 0 Å². The van der Waals surface area contributed by atoms with E-state index in [-0.39, 0.29) is 0 Å². The van der Waals surface area contributed by atoms with Crippen molar-refractivity contribution in [3.05, 3.63) is 60.2 Å². The van der Waals surface area contributed by atoms with Gasteiger partial charge in [-0.05, 0) is 38.2 Å². The molecule has 2 aromatic rings. The van der Waals surface area contributed by atoms with Crippen LogP contribution in [0.2, 0.25) is 0 Å². The van der Waals surface area contributed by atoms with Crippen LogP contribution in [-0.4, -0.2) is 21.9 Å². The zero-order valence-corrected chi connectivity index (χ0v) is 10.2. The molecule has 0 spiro atoms. The van der Waals surface area contributed by atoms with Gasteiger partial charge in [0.2, 0.25) is 0 Å². The summed E-state index contributed by atoms with van der Waals surface area (Å²) in [5.74, 6) is 0. The molecule has 17 heavy (non-hydrogen) atoms. The van der Waals surface area contributed by atoms with E-state index in [1.54, 1.807) is 0 Å². The van der Waals surface area contributed by atoms with Crippen LogP contribution in [0.1, 0.15) is 24.4 Å². The molecule has 0 bridgehead atoms. The highest BCUT2D eigenvalue weighted by atomic mass is 15.1. The van der Waals surface area contributed by atoms with E-state index in [4.69, 9.17) is 0 Å². The Hall–Kier alpha value is -1.74. The Kier molecular flexibility index (Phi) is 3.83. The van der Waals surface area contributed by atoms with Gasteiger partial charge in [0, 0.05) is 25.0 Å². The zero-order valence-electron chi connectivity index (χ0n) is 10.2. The molecule has 0 saturated heterocycles. The molecule has 2 rings (SSSR count). The number of nitrogens with zero attached hydrogens (tertiary/aromatic N) is 3. The minimum absolute atomic E-state index is 0.290. The van der Waals surface area contributed by atoms with Crippen molar-refractivity contribution in [3.63, 3.8) is 0 Å². The van der Waals surface area contributed by atoms with Gasteiger partial charge in [0.15, 0.2) is 0 Å². The van der Waals surface area contributed by atoms with Crippen LogP contribution < -0.4 is 0 Å². The van der Waals surface area contributed by atoms with E-state index in [1.807, 2.05) is 42.7 Å². The van der Waals surface area contributed by atoms with Crippen LogP contribution in [-0.2, 0) is 6.54 Å². The molecule has 0 N–H and O–H groups in total. The Morgan fingerprint density at radius 2 is 1.76 bits per heavy atom. The van der Waals surface area contributed by atoms with Crippen molar-refractivity contribution in [2.45, 2.75) is 19.5 Å². The molecule has 88 valence electrons. The van der Waals surface area contributed by atoms with Gasteiger partial charge in [-0.2, -0.15) is 0 Å². The van der Waals surface area contributed by atoms with Crippen LogP contribution in [0.25, 0.3) is 0 Å². The third kappa shape index (κ3) is 3.11. The van der Waals surface area contributed by atoms with Gasteiger partial charge < -0.3 is 0 Å². The third-order valence-electron chi connectivity index (χ3n) is 2.91. The molecule has 0 fully saturated rings. The summed E-state index contributed by atoms with van der Waals surface area (Å²) in [6.07, 6.45) is 3.66. The van der Waals surface area contributed by atoms with Crippen LogP contribution >= 0.6 is 0 Å². The zero-order chi connectivity index (χ0) is 12.1. The Bertz CT molecular complexity index is 442. The molecule has 0 amide bonds. The summed E-state index contributed by atoms with van der Waals surface area (Å²) in [6.45, 7) is 2.99. The van der Waals surface area contributed by atoms with E-state index in [2.05, 4.69) is 34.9 Å². The van der Waals surface area contributed by atoms with Gasteiger partial charge in [-0.1, -0.05) is 12.1 Å². The van der Waals surface area contributed by atoms with Crippen LogP contribution in [0.5, 0.6) is 0 Å². The van der Waals surface area contributed by atoms with Gasteiger partial charge in [-0.15, -0.1) is 0 Å². The van der Waals surface area contributed by atoms with E-state index >= 15 is 0 Å². The van der Waals surface area contributed by atoms with E-state index in [9.17, 15) is 0 Å². The van der Waals surface area contributed by atoms with Crippen LogP contribution in [0.15, 0.2) is 48.8 Å². The molecule has 0 saturated carbocycles. The Balaban J connectivity index is 2.03. The van der Waals surface area contributed by atoms with Crippen LogP contribution in [0.4, 0.5) is 0 Å². The second-order valence-electron chi connectivity index (χ2n) is 4.17. The standard InChI is InChI=1S/C14H17N3/c1-12(14-8-4-6-10-16-14)17(2)11-13-7-3-5-9-15-13/h3-10,12H,11H2,1-2H3. The molecule has 0 radical (unpaired) electrons. The molecule has 1 unspecified atom stereocenters. The van der Waals surface area contributed by atoms with E-state index in [0.717, 1.165) is 17.9 Å². The van der Waals surface area contributed by atoms with Crippen LogP contribution in [0, 0.1) is 0 Å². The lowest BCUT2D eigenvalue weighted by Crippen LogP contribution is -2.23. The Morgan fingerprint density at radius 3 is 2.35 bits per heavy atom. The summed E-state index contributed by atoms with van der Waals surface area (Å²) in [7, 11) is 2.09. The minimum atomic E-state index is 0.290. The maximum atomic E-state index is 4.38. The van der Waals surface area contributed by atoms with Gasteiger partial charge in [0.05, 0.1) is 11.4 Å². The second kappa shape index (κ2) is 5.55. The second-order valence-corrected chi connectivity index (χ2v) is 4.17. The largest absolute Gasteiger partial charge is 0.292 e. The number of aromatic nitrogens is 2. The topological polar surface area (TPSA) is 29.0 Å². The van der Waals surface area contributed by atoms with Crippen molar-refractivity contribution in [1.82, 2.24) is 14.9 Å². The first-order chi connectivity index (χ1) is 8.27. The Labute approximate surface area is 102 Å². The summed E-state index contributed by atoms with van der Waals surface area (Å²) >= 11 is 0. The number of hydrogen-bond acceptors (Lipinski definition) is 3. The maximum absolute atomic E-state index is 4.38. The molecular weight excluding hydrogens is 210 g/mol. The third-order valence-corrected chi connectivity index (χ3v) is 2.91. The van der Waals surface area contributed by atoms with Crippen molar-refractivity contribution in [2.75, 3.05) is 7.05 Å². The monoisotopic (exact) mass is 227 g/mol. The molecule has 3 nitrogen and oxygen atoms in total. The lowest BCUT2D eigenvalue weighted by atomic mass is 10.2.